The molecule has 150 valence electrons. The molecule has 0 unspecified atom stereocenters. The fourth-order valence-corrected chi connectivity index (χ4v) is 3.64. The number of benzene rings is 3. The highest BCUT2D eigenvalue weighted by Gasteiger charge is 2.13. The molecule has 0 radical (unpaired) electrons. The number of aromatic nitrogens is 1. The molecule has 1 amide bonds. The molecule has 0 aliphatic heterocycles. The maximum Gasteiger partial charge on any atom is 0.275 e. The summed E-state index contributed by atoms with van der Waals surface area (Å²) in [4.78, 5) is 16.9. The molecule has 4 rings (SSSR count). The molecule has 0 spiro atoms. The van der Waals surface area contributed by atoms with Crippen molar-refractivity contribution >= 4 is 22.9 Å². The van der Waals surface area contributed by atoms with Crippen molar-refractivity contribution in [3.05, 3.63) is 101 Å². The molecule has 0 aliphatic rings. The zero-order valence-electron chi connectivity index (χ0n) is 16.3. The lowest BCUT2D eigenvalue weighted by molar-refractivity contribution is 0.102. The summed E-state index contributed by atoms with van der Waals surface area (Å²) in [5, 5.41) is 5.29. The Bertz CT molecular complexity index is 1170. The molecule has 30 heavy (non-hydrogen) atoms. The van der Waals surface area contributed by atoms with E-state index in [0.717, 1.165) is 16.8 Å². The Morgan fingerprint density at radius 3 is 2.67 bits per heavy atom. The van der Waals surface area contributed by atoms with E-state index < -0.39 is 0 Å². The Kier molecular flexibility index (Phi) is 5.86. The molecule has 0 atom stereocenters. The smallest absolute Gasteiger partial charge is 0.275 e. The quantitative estimate of drug-likeness (QED) is 0.412. The molecular formula is C24H19FN2O2S. The van der Waals surface area contributed by atoms with E-state index in [9.17, 15) is 9.18 Å². The second-order valence-corrected chi connectivity index (χ2v) is 7.62. The van der Waals surface area contributed by atoms with Gasteiger partial charge in [0.05, 0.1) is 0 Å². The van der Waals surface area contributed by atoms with Gasteiger partial charge in [0.2, 0.25) is 0 Å². The van der Waals surface area contributed by atoms with Crippen LogP contribution in [0.4, 0.5) is 10.1 Å². The van der Waals surface area contributed by atoms with Crippen LogP contribution >= 0.6 is 11.3 Å². The second kappa shape index (κ2) is 8.88. The van der Waals surface area contributed by atoms with Gasteiger partial charge < -0.3 is 10.1 Å². The summed E-state index contributed by atoms with van der Waals surface area (Å²) in [6, 6.07) is 21.5. The minimum Gasteiger partial charge on any atom is -0.489 e. The Morgan fingerprint density at radius 2 is 1.87 bits per heavy atom. The zero-order valence-corrected chi connectivity index (χ0v) is 17.1. The maximum absolute atomic E-state index is 13.8. The van der Waals surface area contributed by atoms with Crippen LogP contribution in [0.15, 0.2) is 78.2 Å². The average Bonchev–Trinajstić information content (AvgIpc) is 3.26. The molecule has 0 saturated carbocycles. The summed E-state index contributed by atoms with van der Waals surface area (Å²) in [5.41, 5.74) is 3.53. The number of amides is 1. The van der Waals surface area contributed by atoms with Crippen LogP contribution < -0.4 is 10.1 Å². The fourth-order valence-electron chi connectivity index (χ4n) is 2.84. The molecule has 4 aromatic rings. The van der Waals surface area contributed by atoms with E-state index in [1.807, 2.05) is 55.5 Å². The minimum atomic E-state index is -0.294. The molecule has 0 fully saturated rings. The van der Waals surface area contributed by atoms with Crippen molar-refractivity contribution in [3.63, 3.8) is 0 Å². The van der Waals surface area contributed by atoms with Crippen LogP contribution in [0.3, 0.4) is 0 Å². The van der Waals surface area contributed by atoms with Crippen molar-refractivity contribution in [1.82, 2.24) is 4.98 Å². The minimum absolute atomic E-state index is 0.137. The number of thiazole rings is 1. The van der Waals surface area contributed by atoms with E-state index in [-0.39, 0.29) is 18.3 Å². The van der Waals surface area contributed by atoms with Crippen molar-refractivity contribution in [2.45, 2.75) is 13.5 Å². The predicted molar refractivity (Wildman–Crippen MR) is 117 cm³/mol. The monoisotopic (exact) mass is 418 g/mol. The average molecular weight is 418 g/mol. The Morgan fingerprint density at radius 1 is 1.07 bits per heavy atom. The number of aryl methyl sites for hydroxylation is 1. The summed E-state index contributed by atoms with van der Waals surface area (Å²) >= 11 is 1.38. The Hall–Kier alpha value is -3.51. The standard InChI is InChI=1S/C24H19FN2O2S/c1-16-9-11-19(12-10-16)26-23(28)22-15-30-24(27-22)17-6-4-7-20(13-17)29-14-18-5-2-3-8-21(18)25/h2-13,15H,14H2,1H3,(H,26,28). The largest absolute Gasteiger partial charge is 0.489 e. The number of anilines is 1. The molecule has 4 nitrogen and oxygen atoms in total. The van der Waals surface area contributed by atoms with E-state index in [2.05, 4.69) is 10.3 Å². The van der Waals surface area contributed by atoms with Gasteiger partial charge in [-0.05, 0) is 37.3 Å². The van der Waals surface area contributed by atoms with E-state index in [4.69, 9.17) is 4.74 Å². The van der Waals surface area contributed by atoms with Crippen LogP contribution in [0, 0.1) is 12.7 Å². The van der Waals surface area contributed by atoms with Gasteiger partial charge in [0.1, 0.15) is 28.9 Å². The van der Waals surface area contributed by atoms with Crippen LogP contribution in [0.5, 0.6) is 5.75 Å². The van der Waals surface area contributed by atoms with E-state index in [1.54, 1.807) is 23.6 Å². The molecule has 0 aliphatic carbocycles. The number of carbonyl (C=O) groups is 1. The van der Waals surface area contributed by atoms with Gasteiger partial charge in [0.15, 0.2) is 0 Å². The third-order valence-electron chi connectivity index (χ3n) is 4.48. The first-order chi connectivity index (χ1) is 14.6. The van der Waals surface area contributed by atoms with Gasteiger partial charge in [0, 0.05) is 22.2 Å². The van der Waals surface area contributed by atoms with Gasteiger partial charge in [-0.3, -0.25) is 4.79 Å². The number of hydrogen-bond acceptors (Lipinski definition) is 4. The van der Waals surface area contributed by atoms with Crippen molar-refractivity contribution < 1.29 is 13.9 Å². The Labute approximate surface area is 178 Å². The molecule has 6 heteroatoms. The maximum atomic E-state index is 13.8. The third kappa shape index (κ3) is 4.72. The summed E-state index contributed by atoms with van der Waals surface area (Å²) < 4.78 is 19.5. The number of ether oxygens (including phenoxy) is 1. The highest BCUT2D eigenvalue weighted by molar-refractivity contribution is 7.13. The molecule has 1 heterocycles. The summed E-state index contributed by atoms with van der Waals surface area (Å²) in [7, 11) is 0. The number of carbonyl (C=O) groups excluding carboxylic acids is 1. The van der Waals surface area contributed by atoms with Gasteiger partial charge in [-0.1, -0.05) is 48.0 Å². The first-order valence-electron chi connectivity index (χ1n) is 9.39. The summed E-state index contributed by atoms with van der Waals surface area (Å²) in [5.74, 6) is 0.0581. The van der Waals surface area contributed by atoms with Crippen molar-refractivity contribution in [2.24, 2.45) is 0 Å². The number of nitrogens with one attached hydrogen (secondary N) is 1. The van der Waals surface area contributed by atoms with Gasteiger partial charge in [-0.2, -0.15) is 0 Å². The van der Waals surface area contributed by atoms with Gasteiger partial charge in [0.25, 0.3) is 5.91 Å². The number of rotatable bonds is 6. The number of nitrogens with zero attached hydrogens (tertiary/aromatic N) is 1. The lowest BCUT2D eigenvalue weighted by Crippen LogP contribution is -2.12. The van der Waals surface area contributed by atoms with Crippen molar-refractivity contribution in [3.8, 4) is 16.3 Å². The molecular weight excluding hydrogens is 399 g/mol. The molecule has 1 aromatic heterocycles. The first-order valence-corrected chi connectivity index (χ1v) is 10.3. The lowest BCUT2D eigenvalue weighted by Gasteiger charge is -2.08. The topological polar surface area (TPSA) is 51.2 Å². The van der Waals surface area contributed by atoms with Gasteiger partial charge in [-0.25, -0.2) is 9.37 Å². The zero-order chi connectivity index (χ0) is 20.9. The summed E-state index contributed by atoms with van der Waals surface area (Å²) in [6.45, 7) is 2.13. The van der Waals surface area contributed by atoms with Crippen LogP contribution in [-0.2, 0) is 6.61 Å². The Balaban J connectivity index is 1.45. The van der Waals surface area contributed by atoms with E-state index in [0.29, 0.717) is 22.0 Å². The van der Waals surface area contributed by atoms with Gasteiger partial charge in [-0.15, -0.1) is 11.3 Å². The number of halogens is 1. The second-order valence-electron chi connectivity index (χ2n) is 6.77. The number of hydrogen-bond donors (Lipinski definition) is 1. The highest BCUT2D eigenvalue weighted by atomic mass is 32.1. The van der Waals surface area contributed by atoms with Gasteiger partial charge >= 0.3 is 0 Å². The molecule has 0 bridgehead atoms. The van der Waals surface area contributed by atoms with Crippen molar-refractivity contribution in [2.75, 3.05) is 5.32 Å². The third-order valence-corrected chi connectivity index (χ3v) is 5.37. The normalized spacial score (nSPS) is 10.6. The molecule has 0 saturated heterocycles. The van der Waals surface area contributed by atoms with E-state index >= 15 is 0 Å². The molecule has 1 N–H and O–H groups in total. The van der Waals surface area contributed by atoms with Crippen LogP contribution in [0.1, 0.15) is 21.6 Å². The van der Waals surface area contributed by atoms with Crippen LogP contribution in [0.25, 0.3) is 10.6 Å². The SMILES string of the molecule is Cc1ccc(NC(=O)c2csc(-c3cccc(OCc4ccccc4F)c3)n2)cc1. The van der Waals surface area contributed by atoms with Crippen LogP contribution in [0.2, 0.25) is 0 Å². The van der Waals surface area contributed by atoms with Crippen LogP contribution in [-0.4, -0.2) is 10.9 Å². The summed E-state index contributed by atoms with van der Waals surface area (Å²) in [6.07, 6.45) is 0. The lowest BCUT2D eigenvalue weighted by atomic mass is 10.2. The molecule has 3 aromatic carbocycles. The van der Waals surface area contributed by atoms with E-state index in [1.165, 1.54) is 17.4 Å². The highest BCUT2D eigenvalue weighted by Crippen LogP contribution is 2.28. The fraction of sp³-hybridized carbons (Fsp3) is 0.0833. The van der Waals surface area contributed by atoms with Crippen molar-refractivity contribution in [1.29, 1.82) is 0 Å². The predicted octanol–water partition coefficient (Wildman–Crippen LogP) is 6.09. The first kappa shape index (κ1) is 19.8.